The van der Waals surface area contributed by atoms with E-state index in [4.69, 9.17) is 11.6 Å². The van der Waals surface area contributed by atoms with Gasteiger partial charge in [-0.15, -0.1) is 0 Å². The van der Waals surface area contributed by atoms with Crippen molar-refractivity contribution in [3.05, 3.63) is 70.7 Å². The number of hydrogen-bond donors (Lipinski definition) is 1. The second-order valence-electron chi connectivity index (χ2n) is 4.78. The smallest absolute Gasteiger partial charge is 0.0837 e. The maximum Gasteiger partial charge on any atom is 0.0837 e. The highest BCUT2D eigenvalue weighted by molar-refractivity contribution is 6.30. The van der Waals surface area contributed by atoms with E-state index < -0.39 is 0 Å². The van der Waals surface area contributed by atoms with Gasteiger partial charge in [0.15, 0.2) is 0 Å². The lowest BCUT2D eigenvalue weighted by Gasteiger charge is -2.17. The Morgan fingerprint density at radius 3 is 2.45 bits per heavy atom. The largest absolute Gasteiger partial charge is 0.309 e. The third-order valence-corrected chi connectivity index (χ3v) is 3.57. The first-order valence-corrected chi connectivity index (χ1v) is 7.02. The van der Waals surface area contributed by atoms with Crippen molar-refractivity contribution in [2.75, 3.05) is 6.54 Å². The second kappa shape index (κ2) is 7.09. The number of nitriles is 1. The van der Waals surface area contributed by atoms with E-state index in [0.29, 0.717) is 6.54 Å². The average molecular weight is 285 g/mol. The van der Waals surface area contributed by atoms with Crippen LogP contribution in [0.4, 0.5) is 0 Å². The van der Waals surface area contributed by atoms with E-state index in [-0.39, 0.29) is 12.0 Å². The van der Waals surface area contributed by atoms with Crippen LogP contribution in [0, 0.1) is 11.3 Å². The molecule has 0 fully saturated rings. The number of nitrogens with one attached hydrogen (secondary N) is 1. The van der Waals surface area contributed by atoms with Gasteiger partial charge in [0.25, 0.3) is 0 Å². The fourth-order valence-electron chi connectivity index (χ4n) is 2.11. The van der Waals surface area contributed by atoms with Crippen molar-refractivity contribution in [1.82, 2.24) is 5.32 Å². The van der Waals surface area contributed by atoms with Gasteiger partial charge in [0.1, 0.15) is 0 Å². The summed E-state index contributed by atoms with van der Waals surface area (Å²) in [6.45, 7) is 2.69. The molecule has 0 aliphatic heterocycles. The molecule has 0 aliphatic carbocycles. The quantitative estimate of drug-likeness (QED) is 0.889. The summed E-state index contributed by atoms with van der Waals surface area (Å²) in [4.78, 5) is 0. The molecule has 2 aromatic carbocycles. The fourth-order valence-corrected chi connectivity index (χ4v) is 2.31. The minimum atomic E-state index is -0.141. The molecular formula is C17H17ClN2. The molecule has 0 aromatic heterocycles. The predicted octanol–water partition coefficient (Wildman–Crippen LogP) is 4.30. The van der Waals surface area contributed by atoms with E-state index in [1.54, 1.807) is 0 Å². The third kappa shape index (κ3) is 3.84. The number of halogens is 1. The monoisotopic (exact) mass is 284 g/mol. The summed E-state index contributed by atoms with van der Waals surface area (Å²) in [7, 11) is 0. The molecule has 2 nitrogen and oxygen atoms in total. The molecule has 2 atom stereocenters. The molecule has 2 rings (SSSR count). The van der Waals surface area contributed by atoms with Gasteiger partial charge < -0.3 is 5.32 Å². The van der Waals surface area contributed by atoms with Crippen molar-refractivity contribution in [1.29, 1.82) is 5.26 Å². The van der Waals surface area contributed by atoms with Crippen molar-refractivity contribution in [3.8, 4) is 6.07 Å². The SMILES string of the molecule is C[C@@H](NCC(C#N)c1ccccc1)c1cccc(Cl)c1. The lowest BCUT2D eigenvalue weighted by Crippen LogP contribution is -2.24. The van der Waals surface area contributed by atoms with E-state index in [0.717, 1.165) is 16.1 Å². The van der Waals surface area contributed by atoms with E-state index in [9.17, 15) is 5.26 Å². The van der Waals surface area contributed by atoms with Gasteiger partial charge in [-0.1, -0.05) is 54.1 Å². The third-order valence-electron chi connectivity index (χ3n) is 3.33. The van der Waals surface area contributed by atoms with E-state index in [2.05, 4.69) is 18.3 Å². The molecule has 0 heterocycles. The predicted molar refractivity (Wildman–Crippen MR) is 82.7 cm³/mol. The van der Waals surface area contributed by atoms with Crippen molar-refractivity contribution >= 4 is 11.6 Å². The maximum absolute atomic E-state index is 9.30. The second-order valence-corrected chi connectivity index (χ2v) is 5.21. The Morgan fingerprint density at radius 2 is 1.80 bits per heavy atom. The molecule has 0 radical (unpaired) electrons. The number of benzene rings is 2. The van der Waals surface area contributed by atoms with Crippen LogP contribution in [-0.2, 0) is 0 Å². The Balaban J connectivity index is 1.99. The minimum absolute atomic E-state index is 0.141. The van der Waals surface area contributed by atoms with Crippen LogP contribution >= 0.6 is 11.6 Å². The molecule has 0 saturated heterocycles. The summed E-state index contributed by atoms with van der Waals surface area (Å²) in [6, 6.07) is 20.1. The van der Waals surface area contributed by atoms with Crippen LogP contribution in [0.2, 0.25) is 5.02 Å². The summed E-state index contributed by atoms with van der Waals surface area (Å²) in [5, 5.41) is 13.4. The van der Waals surface area contributed by atoms with Gasteiger partial charge >= 0.3 is 0 Å². The zero-order valence-electron chi connectivity index (χ0n) is 11.4. The number of rotatable bonds is 5. The van der Waals surface area contributed by atoms with Gasteiger partial charge in [0.05, 0.1) is 12.0 Å². The van der Waals surface area contributed by atoms with Gasteiger partial charge in [-0.25, -0.2) is 0 Å². The van der Waals surface area contributed by atoms with Crippen LogP contribution in [0.3, 0.4) is 0 Å². The Labute approximate surface area is 125 Å². The molecule has 0 aliphatic rings. The topological polar surface area (TPSA) is 35.8 Å². The maximum atomic E-state index is 9.30. The van der Waals surface area contributed by atoms with Gasteiger partial charge in [-0.05, 0) is 30.2 Å². The minimum Gasteiger partial charge on any atom is -0.309 e. The highest BCUT2D eigenvalue weighted by Crippen LogP contribution is 2.19. The lowest BCUT2D eigenvalue weighted by molar-refractivity contribution is 0.558. The molecule has 0 bridgehead atoms. The van der Waals surface area contributed by atoms with Gasteiger partial charge in [-0.3, -0.25) is 0 Å². The molecule has 1 unspecified atom stereocenters. The molecule has 0 saturated carbocycles. The first-order valence-electron chi connectivity index (χ1n) is 6.64. The van der Waals surface area contributed by atoms with E-state index in [1.165, 1.54) is 0 Å². The molecule has 20 heavy (non-hydrogen) atoms. The first kappa shape index (κ1) is 14.6. The normalized spacial score (nSPS) is 13.4. The van der Waals surface area contributed by atoms with Crippen LogP contribution in [0.15, 0.2) is 54.6 Å². The average Bonchev–Trinajstić information content (AvgIpc) is 2.49. The van der Waals surface area contributed by atoms with E-state index >= 15 is 0 Å². The Kier molecular flexibility index (Phi) is 5.17. The summed E-state index contributed by atoms with van der Waals surface area (Å²) in [6.07, 6.45) is 0. The van der Waals surface area contributed by atoms with Crippen LogP contribution in [0.1, 0.15) is 30.0 Å². The molecule has 2 aromatic rings. The Bertz CT molecular complexity index is 589. The summed E-state index contributed by atoms with van der Waals surface area (Å²) in [5.41, 5.74) is 2.17. The van der Waals surface area contributed by atoms with Crippen LogP contribution in [-0.4, -0.2) is 6.54 Å². The molecular weight excluding hydrogens is 268 g/mol. The fraction of sp³-hybridized carbons (Fsp3) is 0.235. The van der Waals surface area contributed by atoms with Gasteiger partial charge in [-0.2, -0.15) is 5.26 Å². The van der Waals surface area contributed by atoms with Crippen molar-refractivity contribution in [2.45, 2.75) is 18.9 Å². The molecule has 0 amide bonds. The summed E-state index contributed by atoms with van der Waals surface area (Å²) < 4.78 is 0. The van der Waals surface area contributed by atoms with E-state index in [1.807, 2.05) is 54.6 Å². The van der Waals surface area contributed by atoms with Crippen molar-refractivity contribution in [3.63, 3.8) is 0 Å². The standard InChI is InChI=1S/C17H17ClN2/c1-13(15-8-5-9-17(18)10-15)20-12-16(11-19)14-6-3-2-4-7-14/h2-10,13,16,20H,12H2,1H3/t13-,16?/m1/s1. The number of nitrogens with zero attached hydrogens (tertiary/aromatic N) is 1. The van der Waals surface area contributed by atoms with Crippen LogP contribution < -0.4 is 5.32 Å². The first-order chi connectivity index (χ1) is 9.70. The molecule has 1 N–H and O–H groups in total. The van der Waals surface area contributed by atoms with Gasteiger partial charge in [0, 0.05) is 17.6 Å². The van der Waals surface area contributed by atoms with Crippen LogP contribution in [0.25, 0.3) is 0 Å². The molecule has 3 heteroatoms. The summed E-state index contributed by atoms with van der Waals surface area (Å²) >= 11 is 5.99. The zero-order valence-corrected chi connectivity index (χ0v) is 12.1. The lowest BCUT2D eigenvalue weighted by atomic mass is 10.00. The Hall–Kier alpha value is -1.82. The molecule has 0 spiro atoms. The summed E-state index contributed by atoms with van der Waals surface area (Å²) in [5.74, 6) is -0.141. The Morgan fingerprint density at radius 1 is 1.10 bits per heavy atom. The zero-order chi connectivity index (χ0) is 14.4. The number of hydrogen-bond acceptors (Lipinski definition) is 2. The highest BCUT2D eigenvalue weighted by Gasteiger charge is 2.12. The van der Waals surface area contributed by atoms with Gasteiger partial charge in [0.2, 0.25) is 0 Å². The van der Waals surface area contributed by atoms with Crippen molar-refractivity contribution < 1.29 is 0 Å². The molecule has 102 valence electrons. The highest BCUT2D eigenvalue weighted by atomic mass is 35.5. The van der Waals surface area contributed by atoms with Crippen molar-refractivity contribution in [2.24, 2.45) is 0 Å². The van der Waals surface area contributed by atoms with Crippen LogP contribution in [0.5, 0.6) is 0 Å².